The molecular formula is C8H7BrClN3O2. The zero-order valence-corrected chi connectivity index (χ0v) is 9.83. The van der Waals surface area contributed by atoms with Crippen molar-refractivity contribution in [1.82, 2.24) is 0 Å². The molecule has 0 amide bonds. The van der Waals surface area contributed by atoms with E-state index in [2.05, 4.69) is 20.9 Å². The van der Waals surface area contributed by atoms with Crippen molar-refractivity contribution in [3.63, 3.8) is 0 Å². The Morgan fingerprint density at radius 2 is 2.33 bits per heavy atom. The van der Waals surface area contributed by atoms with Crippen molar-refractivity contribution in [3.8, 4) is 0 Å². The summed E-state index contributed by atoms with van der Waals surface area (Å²) in [5.74, 6) is 0.176. The average molecular weight is 293 g/mol. The maximum atomic E-state index is 10.7. The Bertz CT molecular complexity index is 422. The lowest BCUT2D eigenvalue weighted by atomic mass is 10.3. The molecule has 1 aromatic rings. The fourth-order valence-electron chi connectivity index (χ4n) is 0.922. The zero-order chi connectivity index (χ0) is 11.4. The van der Waals surface area contributed by atoms with E-state index in [1.165, 1.54) is 12.1 Å². The zero-order valence-electron chi connectivity index (χ0n) is 7.48. The van der Waals surface area contributed by atoms with Gasteiger partial charge in [-0.15, -0.1) is 11.6 Å². The van der Waals surface area contributed by atoms with Crippen LogP contribution in [0.1, 0.15) is 0 Å². The van der Waals surface area contributed by atoms with E-state index in [0.717, 1.165) is 0 Å². The Labute approximate surface area is 99.2 Å². The number of halogens is 2. The highest BCUT2D eigenvalue weighted by atomic mass is 79.9. The van der Waals surface area contributed by atoms with Crippen molar-refractivity contribution in [1.29, 1.82) is 0 Å². The van der Waals surface area contributed by atoms with Crippen molar-refractivity contribution >= 4 is 44.7 Å². The van der Waals surface area contributed by atoms with Crippen LogP contribution in [0.4, 0.5) is 11.4 Å². The van der Waals surface area contributed by atoms with Crippen LogP contribution in [-0.4, -0.2) is 16.6 Å². The molecule has 5 nitrogen and oxygen atoms in total. The third-order valence-corrected chi connectivity index (χ3v) is 2.30. The van der Waals surface area contributed by atoms with Gasteiger partial charge in [-0.1, -0.05) is 15.9 Å². The standard InChI is InChI=1S/C8H7BrClN3O2/c9-5-1-2-6(12-8(11)4-10)7(3-5)13(14)15/h1-3H,4H2,(H2,11,12). The number of alkyl halides is 1. The van der Waals surface area contributed by atoms with Gasteiger partial charge in [0.05, 0.1) is 10.8 Å². The average Bonchev–Trinajstić information content (AvgIpc) is 2.20. The largest absolute Gasteiger partial charge is 0.386 e. The molecule has 1 aromatic carbocycles. The van der Waals surface area contributed by atoms with E-state index in [-0.39, 0.29) is 23.1 Å². The highest BCUT2D eigenvalue weighted by molar-refractivity contribution is 9.10. The summed E-state index contributed by atoms with van der Waals surface area (Å²) in [4.78, 5) is 14.0. The molecule has 0 radical (unpaired) electrons. The van der Waals surface area contributed by atoms with Crippen LogP contribution in [0.2, 0.25) is 0 Å². The number of rotatable bonds is 3. The Morgan fingerprint density at radius 1 is 1.67 bits per heavy atom. The van der Waals surface area contributed by atoms with E-state index in [4.69, 9.17) is 17.3 Å². The molecule has 0 heterocycles. The van der Waals surface area contributed by atoms with Gasteiger partial charge in [0.2, 0.25) is 0 Å². The number of nitro groups is 1. The molecule has 0 bridgehead atoms. The molecule has 0 aliphatic carbocycles. The Morgan fingerprint density at radius 3 is 2.87 bits per heavy atom. The Kier molecular flexibility index (Phi) is 4.05. The van der Waals surface area contributed by atoms with E-state index in [9.17, 15) is 10.1 Å². The number of hydrogen-bond donors (Lipinski definition) is 1. The third kappa shape index (κ3) is 3.17. The van der Waals surface area contributed by atoms with Gasteiger partial charge in [0.25, 0.3) is 5.69 Å². The van der Waals surface area contributed by atoms with Crippen molar-refractivity contribution in [2.24, 2.45) is 10.7 Å². The van der Waals surface area contributed by atoms with Gasteiger partial charge in [0.1, 0.15) is 11.5 Å². The smallest absolute Gasteiger partial charge is 0.296 e. The van der Waals surface area contributed by atoms with Gasteiger partial charge in [-0.25, -0.2) is 4.99 Å². The maximum Gasteiger partial charge on any atom is 0.296 e. The molecule has 0 atom stereocenters. The summed E-state index contributed by atoms with van der Waals surface area (Å²) in [7, 11) is 0. The number of hydrogen-bond acceptors (Lipinski definition) is 3. The fourth-order valence-corrected chi connectivity index (χ4v) is 1.33. The molecule has 15 heavy (non-hydrogen) atoms. The lowest BCUT2D eigenvalue weighted by molar-refractivity contribution is -0.384. The molecule has 0 saturated heterocycles. The maximum absolute atomic E-state index is 10.7. The predicted octanol–water partition coefficient (Wildman–Crippen LogP) is 2.58. The summed E-state index contributed by atoms with van der Waals surface area (Å²) in [5.41, 5.74) is 5.48. The summed E-state index contributed by atoms with van der Waals surface area (Å²) in [5, 5.41) is 10.7. The molecule has 0 aliphatic heterocycles. The van der Waals surface area contributed by atoms with Gasteiger partial charge in [-0.3, -0.25) is 10.1 Å². The van der Waals surface area contributed by atoms with Gasteiger partial charge in [0, 0.05) is 10.5 Å². The number of nitro benzene ring substituents is 1. The number of aliphatic imine (C=N–C) groups is 1. The minimum atomic E-state index is -0.523. The monoisotopic (exact) mass is 291 g/mol. The number of nitrogens with two attached hydrogens (primary N) is 1. The first-order chi connectivity index (χ1) is 7.04. The second kappa shape index (κ2) is 5.09. The minimum absolute atomic E-state index is 0.0349. The Balaban J connectivity index is 3.23. The van der Waals surface area contributed by atoms with Crippen LogP contribution >= 0.6 is 27.5 Å². The summed E-state index contributed by atoms with van der Waals surface area (Å²) in [6.07, 6.45) is 0. The highest BCUT2D eigenvalue weighted by Crippen LogP contribution is 2.30. The quantitative estimate of drug-likeness (QED) is 0.306. The van der Waals surface area contributed by atoms with Crippen LogP contribution in [0.15, 0.2) is 27.7 Å². The molecule has 0 aromatic heterocycles. The SMILES string of the molecule is NC(CCl)=Nc1ccc(Br)cc1[N+](=O)[O-]. The van der Waals surface area contributed by atoms with Crippen LogP contribution in [0.25, 0.3) is 0 Å². The third-order valence-electron chi connectivity index (χ3n) is 1.54. The van der Waals surface area contributed by atoms with Crippen molar-refractivity contribution < 1.29 is 4.92 Å². The summed E-state index contributed by atoms with van der Waals surface area (Å²) < 4.78 is 0.609. The first-order valence-corrected chi connectivity index (χ1v) is 5.20. The fraction of sp³-hybridized carbons (Fsp3) is 0.125. The van der Waals surface area contributed by atoms with E-state index < -0.39 is 4.92 Å². The molecule has 1 rings (SSSR count). The molecule has 2 N–H and O–H groups in total. The van der Waals surface area contributed by atoms with Crippen molar-refractivity contribution in [3.05, 3.63) is 32.8 Å². The molecule has 0 fully saturated rings. The van der Waals surface area contributed by atoms with Crippen LogP contribution in [-0.2, 0) is 0 Å². The molecule has 7 heteroatoms. The van der Waals surface area contributed by atoms with Crippen LogP contribution in [0.3, 0.4) is 0 Å². The topological polar surface area (TPSA) is 81.5 Å². The van der Waals surface area contributed by atoms with Gasteiger partial charge < -0.3 is 5.73 Å². The second-order valence-corrected chi connectivity index (χ2v) is 3.81. The van der Waals surface area contributed by atoms with E-state index in [1.807, 2.05) is 0 Å². The minimum Gasteiger partial charge on any atom is -0.386 e. The first kappa shape index (κ1) is 11.9. The van der Waals surface area contributed by atoms with Gasteiger partial charge >= 0.3 is 0 Å². The van der Waals surface area contributed by atoms with Gasteiger partial charge in [-0.05, 0) is 12.1 Å². The lowest BCUT2D eigenvalue weighted by Gasteiger charge is -1.99. The lowest BCUT2D eigenvalue weighted by Crippen LogP contribution is -2.12. The highest BCUT2D eigenvalue weighted by Gasteiger charge is 2.13. The summed E-state index contributed by atoms with van der Waals surface area (Å²) in [6, 6.07) is 4.51. The normalized spacial score (nSPS) is 11.5. The van der Waals surface area contributed by atoms with Crippen LogP contribution < -0.4 is 5.73 Å². The van der Waals surface area contributed by atoms with E-state index >= 15 is 0 Å². The van der Waals surface area contributed by atoms with Crippen molar-refractivity contribution in [2.75, 3.05) is 5.88 Å². The Hall–Kier alpha value is -1.14. The van der Waals surface area contributed by atoms with E-state index in [0.29, 0.717) is 4.47 Å². The molecule has 80 valence electrons. The molecule has 0 spiro atoms. The summed E-state index contributed by atoms with van der Waals surface area (Å²) in [6.45, 7) is 0. The second-order valence-electron chi connectivity index (χ2n) is 2.63. The van der Waals surface area contributed by atoms with Crippen LogP contribution in [0, 0.1) is 10.1 Å². The molecule has 0 aliphatic rings. The molecule has 0 saturated carbocycles. The number of nitrogens with zero attached hydrogens (tertiary/aromatic N) is 2. The number of benzene rings is 1. The van der Waals surface area contributed by atoms with E-state index in [1.54, 1.807) is 6.07 Å². The number of amidine groups is 1. The van der Waals surface area contributed by atoms with Crippen molar-refractivity contribution in [2.45, 2.75) is 0 Å². The summed E-state index contributed by atoms with van der Waals surface area (Å²) >= 11 is 8.57. The predicted molar refractivity (Wildman–Crippen MR) is 62.8 cm³/mol. The van der Waals surface area contributed by atoms with Gasteiger partial charge in [-0.2, -0.15) is 0 Å². The first-order valence-electron chi connectivity index (χ1n) is 3.87. The van der Waals surface area contributed by atoms with Crippen LogP contribution in [0.5, 0.6) is 0 Å². The van der Waals surface area contributed by atoms with Gasteiger partial charge in [0.15, 0.2) is 0 Å². The molecule has 0 unspecified atom stereocenters. The molecular weight excluding hydrogens is 285 g/mol.